The molecule has 0 aliphatic heterocycles. The van der Waals surface area contributed by atoms with E-state index in [4.69, 9.17) is 5.11 Å². The number of carbonyl (C=O) groups is 2. The van der Waals surface area contributed by atoms with E-state index < -0.39 is 5.97 Å². The molecule has 0 aliphatic carbocycles. The number of hydrogen-bond acceptors (Lipinski definition) is 2. The van der Waals surface area contributed by atoms with Crippen LogP contribution in [-0.2, 0) is 4.79 Å². The molecular formula is C11H22N2O3. The normalized spacial score (nSPS) is 14.0. The highest BCUT2D eigenvalue weighted by atomic mass is 16.4. The van der Waals surface area contributed by atoms with E-state index in [1.54, 1.807) is 6.92 Å². The molecule has 5 nitrogen and oxygen atoms in total. The van der Waals surface area contributed by atoms with Crippen molar-refractivity contribution < 1.29 is 14.7 Å². The van der Waals surface area contributed by atoms with Crippen LogP contribution in [-0.4, -0.2) is 41.1 Å². The first kappa shape index (κ1) is 14.7. The Bertz CT molecular complexity index is 243. The van der Waals surface area contributed by atoms with Gasteiger partial charge in [0, 0.05) is 12.6 Å². The molecule has 0 saturated heterocycles. The van der Waals surface area contributed by atoms with Crippen LogP contribution >= 0.6 is 0 Å². The first-order valence-corrected chi connectivity index (χ1v) is 5.69. The Morgan fingerprint density at radius 3 is 2.25 bits per heavy atom. The fourth-order valence-corrected chi connectivity index (χ4v) is 1.27. The highest BCUT2D eigenvalue weighted by molar-refractivity contribution is 5.80. The maximum atomic E-state index is 11.7. The van der Waals surface area contributed by atoms with Gasteiger partial charge in [0.1, 0.15) is 6.54 Å². The van der Waals surface area contributed by atoms with Crippen LogP contribution in [0.2, 0.25) is 0 Å². The average molecular weight is 230 g/mol. The van der Waals surface area contributed by atoms with Crippen LogP contribution in [0.5, 0.6) is 0 Å². The van der Waals surface area contributed by atoms with Crippen LogP contribution in [0.4, 0.5) is 4.79 Å². The smallest absolute Gasteiger partial charge is 0.323 e. The highest BCUT2D eigenvalue weighted by Gasteiger charge is 2.18. The zero-order valence-electron chi connectivity index (χ0n) is 10.5. The molecule has 0 aliphatic rings. The number of nitrogens with one attached hydrogen (secondary N) is 1. The Kier molecular flexibility index (Phi) is 6.53. The number of rotatable bonds is 6. The van der Waals surface area contributed by atoms with E-state index in [2.05, 4.69) is 19.2 Å². The van der Waals surface area contributed by atoms with Gasteiger partial charge in [-0.1, -0.05) is 20.3 Å². The molecule has 0 rings (SSSR count). The van der Waals surface area contributed by atoms with E-state index >= 15 is 0 Å². The number of hydrogen-bond donors (Lipinski definition) is 2. The predicted molar refractivity (Wildman–Crippen MR) is 62.3 cm³/mol. The van der Waals surface area contributed by atoms with Gasteiger partial charge in [0.25, 0.3) is 0 Å². The lowest BCUT2D eigenvalue weighted by atomic mass is 10.0. The molecule has 94 valence electrons. The minimum atomic E-state index is -0.992. The molecule has 2 amide bonds. The Morgan fingerprint density at radius 2 is 1.88 bits per heavy atom. The van der Waals surface area contributed by atoms with Crippen molar-refractivity contribution in [3.8, 4) is 0 Å². The molecule has 0 fully saturated rings. The van der Waals surface area contributed by atoms with Crippen LogP contribution in [0.1, 0.15) is 34.1 Å². The van der Waals surface area contributed by atoms with Gasteiger partial charge in [-0.15, -0.1) is 0 Å². The molecule has 0 aromatic carbocycles. The van der Waals surface area contributed by atoms with Gasteiger partial charge in [0.15, 0.2) is 0 Å². The van der Waals surface area contributed by atoms with E-state index in [-0.39, 0.29) is 18.6 Å². The van der Waals surface area contributed by atoms with Gasteiger partial charge in [-0.3, -0.25) is 4.79 Å². The first-order chi connectivity index (χ1) is 7.42. The molecule has 0 radical (unpaired) electrons. The number of nitrogens with zero attached hydrogens (tertiary/aromatic N) is 1. The molecule has 16 heavy (non-hydrogen) atoms. The summed E-state index contributed by atoms with van der Waals surface area (Å²) in [5.41, 5.74) is 0. The Hall–Kier alpha value is -1.26. The summed E-state index contributed by atoms with van der Waals surface area (Å²) in [6.45, 7) is 7.94. The van der Waals surface area contributed by atoms with Crippen molar-refractivity contribution in [3.63, 3.8) is 0 Å². The monoisotopic (exact) mass is 230 g/mol. The van der Waals surface area contributed by atoms with Gasteiger partial charge in [0.2, 0.25) is 0 Å². The number of likely N-dealkylation sites (N-methyl/N-ethyl adjacent to an activating group) is 1. The zero-order valence-corrected chi connectivity index (χ0v) is 10.5. The molecule has 0 heterocycles. The largest absolute Gasteiger partial charge is 0.480 e. The van der Waals surface area contributed by atoms with Crippen molar-refractivity contribution in [2.45, 2.75) is 40.2 Å². The van der Waals surface area contributed by atoms with E-state index in [9.17, 15) is 9.59 Å². The second kappa shape index (κ2) is 7.09. The summed E-state index contributed by atoms with van der Waals surface area (Å²) in [5, 5.41) is 11.4. The lowest BCUT2D eigenvalue weighted by Crippen LogP contribution is -2.47. The topological polar surface area (TPSA) is 69.6 Å². The van der Waals surface area contributed by atoms with E-state index in [1.165, 1.54) is 4.90 Å². The SMILES string of the molecule is CCC(C)C(C)NC(=O)N(CC)CC(=O)O. The number of amides is 2. The fourth-order valence-electron chi connectivity index (χ4n) is 1.27. The van der Waals surface area contributed by atoms with Crippen LogP contribution < -0.4 is 5.32 Å². The van der Waals surface area contributed by atoms with E-state index in [0.29, 0.717) is 12.5 Å². The van der Waals surface area contributed by atoms with Gasteiger partial charge in [0.05, 0.1) is 0 Å². The maximum Gasteiger partial charge on any atom is 0.323 e. The molecule has 5 heteroatoms. The minimum Gasteiger partial charge on any atom is -0.480 e. The molecule has 2 atom stereocenters. The average Bonchev–Trinajstić information content (AvgIpc) is 2.23. The Balaban J connectivity index is 4.25. The molecule has 0 spiro atoms. The molecule has 0 aromatic heterocycles. The number of carboxylic acids is 1. The Morgan fingerprint density at radius 1 is 1.31 bits per heavy atom. The molecule has 0 bridgehead atoms. The fraction of sp³-hybridized carbons (Fsp3) is 0.818. The van der Waals surface area contributed by atoms with Gasteiger partial charge in [-0.2, -0.15) is 0 Å². The standard InChI is InChI=1S/C11H22N2O3/c1-5-8(3)9(4)12-11(16)13(6-2)7-10(14)15/h8-9H,5-7H2,1-4H3,(H,12,16)(H,14,15). The molecule has 2 unspecified atom stereocenters. The summed E-state index contributed by atoms with van der Waals surface area (Å²) in [4.78, 5) is 23.5. The first-order valence-electron chi connectivity index (χ1n) is 5.69. The third-order valence-corrected chi connectivity index (χ3v) is 2.84. The molecule has 0 aromatic rings. The van der Waals surface area contributed by atoms with E-state index in [1.807, 2.05) is 6.92 Å². The number of carbonyl (C=O) groups excluding carboxylic acids is 1. The minimum absolute atomic E-state index is 0.0559. The van der Waals surface area contributed by atoms with Crippen molar-refractivity contribution in [1.29, 1.82) is 0 Å². The van der Waals surface area contributed by atoms with Gasteiger partial charge < -0.3 is 15.3 Å². The third kappa shape index (κ3) is 5.00. The van der Waals surface area contributed by atoms with E-state index in [0.717, 1.165) is 6.42 Å². The Labute approximate surface area is 96.8 Å². The van der Waals surface area contributed by atoms with Crippen molar-refractivity contribution in [1.82, 2.24) is 10.2 Å². The second-order valence-corrected chi connectivity index (χ2v) is 4.03. The maximum absolute atomic E-state index is 11.7. The quantitative estimate of drug-likeness (QED) is 0.727. The highest BCUT2D eigenvalue weighted by Crippen LogP contribution is 2.07. The summed E-state index contributed by atoms with van der Waals surface area (Å²) in [7, 11) is 0. The summed E-state index contributed by atoms with van der Waals surface area (Å²) < 4.78 is 0. The van der Waals surface area contributed by atoms with Gasteiger partial charge >= 0.3 is 12.0 Å². The lowest BCUT2D eigenvalue weighted by Gasteiger charge is -2.25. The number of carboxylic acid groups (broad SMARTS) is 1. The van der Waals surface area contributed by atoms with Crippen LogP contribution in [0, 0.1) is 5.92 Å². The summed E-state index contributed by atoms with van der Waals surface area (Å²) in [5.74, 6) is -0.610. The summed E-state index contributed by atoms with van der Waals surface area (Å²) in [6, 6.07) is -0.252. The summed E-state index contributed by atoms with van der Waals surface area (Å²) in [6.07, 6.45) is 0.979. The van der Waals surface area contributed by atoms with Gasteiger partial charge in [-0.25, -0.2) is 4.79 Å². The van der Waals surface area contributed by atoms with Crippen LogP contribution in [0.15, 0.2) is 0 Å². The van der Waals surface area contributed by atoms with Crippen molar-refractivity contribution >= 4 is 12.0 Å². The van der Waals surface area contributed by atoms with Crippen LogP contribution in [0.25, 0.3) is 0 Å². The van der Waals surface area contributed by atoms with Crippen molar-refractivity contribution in [2.75, 3.05) is 13.1 Å². The second-order valence-electron chi connectivity index (χ2n) is 4.03. The lowest BCUT2D eigenvalue weighted by molar-refractivity contribution is -0.137. The zero-order chi connectivity index (χ0) is 12.7. The van der Waals surface area contributed by atoms with Crippen molar-refractivity contribution in [2.24, 2.45) is 5.92 Å². The number of aliphatic carboxylic acids is 1. The van der Waals surface area contributed by atoms with Crippen molar-refractivity contribution in [3.05, 3.63) is 0 Å². The van der Waals surface area contributed by atoms with Gasteiger partial charge in [-0.05, 0) is 19.8 Å². The number of urea groups is 1. The predicted octanol–water partition coefficient (Wildman–Crippen LogP) is 1.54. The molecular weight excluding hydrogens is 208 g/mol. The molecule has 0 saturated carbocycles. The van der Waals surface area contributed by atoms with Crippen LogP contribution in [0.3, 0.4) is 0 Å². The third-order valence-electron chi connectivity index (χ3n) is 2.84. The summed E-state index contributed by atoms with van der Waals surface area (Å²) >= 11 is 0. The molecule has 2 N–H and O–H groups in total.